The molecule has 0 aliphatic heterocycles. The zero-order chi connectivity index (χ0) is 19.8. The molecule has 28 heavy (non-hydrogen) atoms. The summed E-state index contributed by atoms with van der Waals surface area (Å²) in [5, 5.41) is 5.58. The Bertz CT molecular complexity index is 934. The molecule has 3 aromatic rings. The molecular formula is C22H22N2O4. The van der Waals surface area contributed by atoms with E-state index in [9.17, 15) is 9.59 Å². The van der Waals surface area contributed by atoms with E-state index < -0.39 is 5.91 Å². The maximum Gasteiger partial charge on any atom is 0.291 e. The first-order valence-corrected chi connectivity index (χ1v) is 9.11. The lowest BCUT2D eigenvalue weighted by atomic mass is 10.1. The van der Waals surface area contributed by atoms with Crippen LogP contribution < -0.4 is 15.4 Å². The van der Waals surface area contributed by atoms with Crippen molar-refractivity contribution in [2.45, 2.75) is 20.0 Å². The van der Waals surface area contributed by atoms with Crippen molar-refractivity contribution < 1.29 is 18.7 Å². The first-order valence-electron chi connectivity index (χ1n) is 9.11. The van der Waals surface area contributed by atoms with Crippen LogP contribution in [0.15, 0.2) is 71.3 Å². The molecule has 1 aromatic heterocycles. The van der Waals surface area contributed by atoms with Gasteiger partial charge in [0, 0.05) is 23.4 Å². The number of furan rings is 1. The van der Waals surface area contributed by atoms with E-state index in [0.29, 0.717) is 29.1 Å². The largest absolute Gasteiger partial charge is 0.489 e. The number of ether oxygens (including phenoxy) is 1. The minimum atomic E-state index is -0.400. The van der Waals surface area contributed by atoms with Crippen LogP contribution in [0.4, 0.5) is 5.69 Å². The third-order valence-corrected chi connectivity index (χ3v) is 4.01. The van der Waals surface area contributed by atoms with Crippen LogP contribution in [0, 0.1) is 0 Å². The molecule has 1 heterocycles. The molecule has 0 aliphatic rings. The number of hydrogen-bond acceptors (Lipinski definition) is 4. The van der Waals surface area contributed by atoms with E-state index in [1.807, 2.05) is 37.3 Å². The monoisotopic (exact) mass is 378 g/mol. The predicted molar refractivity (Wildman–Crippen MR) is 107 cm³/mol. The van der Waals surface area contributed by atoms with Crippen LogP contribution in [-0.2, 0) is 6.61 Å². The lowest BCUT2D eigenvalue weighted by Crippen LogP contribution is -2.24. The van der Waals surface area contributed by atoms with Gasteiger partial charge in [0.15, 0.2) is 5.76 Å². The van der Waals surface area contributed by atoms with Gasteiger partial charge in [-0.1, -0.05) is 31.2 Å². The summed E-state index contributed by atoms with van der Waals surface area (Å²) in [5.41, 5.74) is 1.64. The Balaban J connectivity index is 1.65. The van der Waals surface area contributed by atoms with Crippen molar-refractivity contribution in [1.82, 2.24) is 5.32 Å². The van der Waals surface area contributed by atoms with Gasteiger partial charge in [-0.05, 0) is 42.8 Å². The van der Waals surface area contributed by atoms with E-state index >= 15 is 0 Å². The lowest BCUT2D eigenvalue weighted by Gasteiger charge is -2.09. The van der Waals surface area contributed by atoms with Crippen molar-refractivity contribution in [2.75, 3.05) is 11.9 Å². The second-order valence-electron chi connectivity index (χ2n) is 6.17. The third kappa shape index (κ3) is 5.01. The number of rotatable bonds is 8. The highest BCUT2D eigenvalue weighted by molar-refractivity contribution is 6.04. The average Bonchev–Trinajstić information content (AvgIpc) is 3.20. The van der Waals surface area contributed by atoms with Crippen LogP contribution in [0.2, 0.25) is 0 Å². The van der Waals surface area contributed by atoms with E-state index in [0.717, 1.165) is 6.42 Å². The Labute approximate surface area is 163 Å². The molecule has 0 bridgehead atoms. The zero-order valence-corrected chi connectivity index (χ0v) is 15.6. The summed E-state index contributed by atoms with van der Waals surface area (Å²) in [7, 11) is 0. The van der Waals surface area contributed by atoms with Crippen LogP contribution in [-0.4, -0.2) is 18.4 Å². The fraction of sp³-hybridized carbons (Fsp3) is 0.182. The number of benzene rings is 2. The molecule has 0 saturated heterocycles. The Morgan fingerprint density at radius 2 is 1.82 bits per heavy atom. The fourth-order valence-electron chi connectivity index (χ4n) is 2.59. The van der Waals surface area contributed by atoms with Crippen LogP contribution in [0.1, 0.15) is 39.8 Å². The van der Waals surface area contributed by atoms with E-state index in [2.05, 4.69) is 10.6 Å². The van der Waals surface area contributed by atoms with Crippen molar-refractivity contribution >= 4 is 17.5 Å². The van der Waals surface area contributed by atoms with Crippen molar-refractivity contribution in [3.63, 3.8) is 0 Å². The standard InChI is InChI=1S/C22H22N2O4/c1-2-12-23-21(25)16-7-6-8-18(14-16)24-22(26)20-17(11-13-27-20)15-28-19-9-4-3-5-10-19/h3-11,13-14H,2,12,15H2,1H3,(H,23,25)(H,24,26). The van der Waals surface area contributed by atoms with Gasteiger partial charge in [-0.25, -0.2) is 0 Å². The number of para-hydroxylation sites is 1. The Hall–Kier alpha value is -3.54. The van der Waals surface area contributed by atoms with Crippen molar-refractivity contribution in [3.8, 4) is 5.75 Å². The van der Waals surface area contributed by atoms with E-state index in [1.54, 1.807) is 30.3 Å². The number of carbonyl (C=O) groups excluding carboxylic acids is 2. The maximum atomic E-state index is 12.6. The lowest BCUT2D eigenvalue weighted by molar-refractivity contribution is 0.0951. The van der Waals surface area contributed by atoms with Gasteiger partial charge in [0.1, 0.15) is 12.4 Å². The minimum Gasteiger partial charge on any atom is -0.489 e. The topological polar surface area (TPSA) is 80.6 Å². The van der Waals surface area contributed by atoms with Gasteiger partial charge in [0.25, 0.3) is 11.8 Å². The molecule has 0 aliphatic carbocycles. The smallest absolute Gasteiger partial charge is 0.291 e. The molecule has 2 N–H and O–H groups in total. The number of carbonyl (C=O) groups is 2. The van der Waals surface area contributed by atoms with Crippen LogP contribution in [0.25, 0.3) is 0 Å². The van der Waals surface area contributed by atoms with Crippen molar-refractivity contribution in [1.29, 1.82) is 0 Å². The normalized spacial score (nSPS) is 10.3. The summed E-state index contributed by atoms with van der Waals surface area (Å²) < 4.78 is 11.0. The number of amides is 2. The molecular weight excluding hydrogens is 356 g/mol. The highest BCUT2D eigenvalue weighted by atomic mass is 16.5. The Kier molecular flexibility index (Phi) is 6.46. The van der Waals surface area contributed by atoms with Crippen LogP contribution >= 0.6 is 0 Å². The third-order valence-electron chi connectivity index (χ3n) is 4.01. The van der Waals surface area contributed by atoms with Gasteiger partial charge < -0.3 is 19.8 Å². The average molecular weight is 378 g/mol. The number of anilines is 1. The summed E-state index contributed by atoms with van der Waals surface area (Å²) in [6.45, 7) is 2.80. The summed E-state index contributed by atoms with van der Waals surface area (Å²) in [5.74, 6) is 0.313. The van der Waals surface area contributed by atoms with Crippen LogP contribution in [0.3, 0.4) is 0 Å². The molecule has 2 amide bonds. The SMILES string of the molecule is CCCNC(=O)c1cccc(NC(=O)c2occc2COc2ccccc2)c1. The quantitative estimate of drug-likeness (QED) is 0.614. The first-order chi connectivity index (χ1) is 13.7. The van der Waals surface area contributed by atoms with Gasteiger partial charge in [0.05, 0.1) is 6.26 Å². The van der Waals surface area contributed by atoms with Gasteiger partial charge >= 0.3 is 0 Å². The second-order valence-corrected chi connectivity index (χ2v) is 6.17. The zero-order valence-electron chi connectivity index (χ0n) is 15.6. The predicted octanol–water partition coefficient (Wildman–Crippen LogP) is 4.25. The van der Waals surface area contributed by atoms with Gasteiger partial charge in [-0.15, -0.1) is 0 Å². The van der Waals surface area contributed by atoms with Crippen molar-refractivity contribution in [3.05, 3.63) is 83.8 Å². The molecule has 0 spiro atoms. The number of hydrogen-bond donors (Lipinski definition) is 2. The minimum absolute atomic E-state index is 0.173. The Morgan fingerprint density at radius 1 is 1.00 bits per heavy atom. The van der Waals surface area contributed by atoms with Gasteiger partial charge in [-0.3, -0.25) is 9.59 Å². The maximum absolute atomic E-state index is 12.6. The fourth-order valence-corrected chi connectivity index (χ4v) is 2.59. The molecule has 0 saturated carbocycles. The number of nitrogens with one attached hydrogen (secondary N) is 2. The van der Waals surface area contributed by atoms with Crippen LogP contribution in [0.5, 0.6) is 5.75 Å². The first kappa shape index (κ1) is 19.2. The molecule has 2 aromatic carbocycles. The molecule has 0 radical (unpaired) electrons. The second kappa shape index (κ2) is 9.41. The summed E-state index contributed by atoms with van der Waals surface area (Å²) in [4.78, 5) is 24.7. The summed E-state index contributed by atoms with van der Waals surface area (Å²) in [6, 6.07) is 17.8. The molecule has 6 nitrogen and oxygen atoms in total. The van der Waals surface area contributed by atoms with E-state index in [-0.39, 0.29) is 18.3 Å². The molecule has 6 heteroatoms. The molecule has 144 valence electrons. The highest BCUT2D eigenvalue weighted by Gasteiger charge is 2.17. The summed E-state index contributed by atoms with van der Waals surface area (Å²) in [6.07, 6.45) is 2.31. The van der Waals surface area contributed by atoms with Gasteiger partial charge in [0.2, 0.25) is 0 Å². The molecule has 0 fully saturated rings. The van der Waals surface area contributed by atoms with E-state index in [4.69, 9.17) is 9.15 Å². The molecule has 0 atom stereocenters. The Morgan fingerprint density at radius 3 is 2.61 bits per heavy atom. The van der Waals surface area contributed by atoms with E-state index in [1.165, 1.54) is 6.26 Å². The van der Waals surface area contributed by atoms with Crippen molar-refractivity contribution in [2.24, 2.45) is 0 Å². The summed E-state index contributed by atoms with van der Waals surface area (Å²) >= 11 is 0. The molecule has 3 rings (SSSR count). The highest BCUT2D eigenvalue weighted by Crippen LogP contribution is 2.18. The molecule has 0 unspecified atom stereocenters. The van der Waals surface area contributed by atoms with Gasteiger partial charge in [-0.2, -0.15) is 0 Å².